The number of aromatic nitrogens is 2. The van der Waals surface area contributed by atoms with Crippen molar-refractivity contribution in [3.8, 4) is 0 Å². The van der Waals surface area contributed by atoms with Gasteiger partial charge in [-0.05, 0) is 51.9 Å². The Bertz CT molecular complexity index is 382. The Kier molecular flexibility index (Phi) is 10.1. The van der Waals surface area contributed by atoms with Gasteiger partial charge in [0.25, 0.3) is 0 Å². The van der Waals surface area contributed by atoms with E-state index in [1.165, 1.54) is 18.8 Å². The highest BCUT2D eigenvalue weighted by Gasteiger charge is 2.21. The fraction of sp³-hybridized carbons (Fsp3) is 0.769. The number of likely N-dealkylation sites (tertiary alicyclic amines) is 1. The third-order valence-corrected chi connectivity index (χ3v) is 3.83. The molecule has 2 rings (SSSR count). The molecule has 0 aliphatic carbocycles. The van der Waals surface area contributed by atoms with Crippen LogP contribution in [0.25, 0.3) is 0 Å². The molecule has 1 aliphatic heterocycles. The zero-order chi connectivity index (χ0) is 13.7. The van der Waals surface area contributed by atoms with Gasteiger partial charge in [-0.15, -0.1) is 24.8 Å². The monoisotopic (exact) mass is 344 g/mol. The van der Waals surface area contributed by atoms with E-state index in [1.807, 2.05) is 7.05 Å². The van der Waals surface area contributed by atoms with Crippen molar-refractivity contribution in [1.82, 2.24) is 19.8 Å². The molecular weight excluding hydrogens is 321 g/mol. The SMILES string of the molecule is CNCCC1CCN(Cc2nccn2C(F)F)CC1.Cl.Cl. The summed E-state index contributed by atoms with van der Waals surface area (Å²) >= 11 is 0. The molecule has 0 unspecified atom stereocenters. The second-order valence-electron chi connectivity index (χ2n) is 5.14. The molecule has 1 aromatic heterocycles. The molecule has 0 radical (unpaired) electrons. The van der Waals surface area contributed by atoms with Crippen LogP contribution in [0, 0.1) is 5.92 Å². The lowest BCUT2D eigenvalue weighted by Gasteiger charge is -2.31. The van der Waals surface area contributed by atoms with E-state index in [0.29, 0.717) is 12.4 Å². The topological polar surface area (TPSA) is 33.1 Å². The van der Waals surface area contributed by atoms with Crippen molar-refractivity contribution in [3.63, 3.8) is 0 Å². The molecule has 0 amide bonds. The van der Waals surface area contributed by atoms with E-state index in [2.05, 4.69) is 15.2 Å². The molecule has 1 aliphatic rings. The van der Waals surface area contributed by atoms with Gasteiger partial charge in [0, 0.05) is 12.4 Å². The van der Waals surface area contributed by atoms with Crippen LogP contribution < -0.4 is 5.32 Å². The van der Waals surface area contributed by atoms with Gasteiger partial charge in [-0.25, -0.2) is 4.98 Å². The molecule has 0 spiro atoms. The quantitative estimate of drug-likeness (QED) is 0.861. The van der Waals surface area contributed by atoms with Crippen LogP contribution in [0.15, 0.2) is 12.4 Å². The standard InChI is InChI=1S/C13H22F2N4.2ClH/c1-16-5-2-11-3-7-18(8-4-11)10-12-17-6-9-19(12)13(14)15;;/h6,9,11,13,16H,2-5,7-8,10H2,1H3;2*1H. The van der Waals surface area contributed by atoms with Crippen molar-refractivity contribution in [2.45, 2.75) is 32.4 Å². The zero-order valence-electron chi connectivity index (χ0n) is 12.2. The molecule has 1 saturated heterocycles. The van der Waals surface area contributed by atoms with Crippen molar-refractivity contribution in [2.24, 2.45) is 5.92 Å². The molecule has 0 saturated carbocycles. The first-order valence-corrected chi connectivity index (χ1v) is 6.87. The number of piperidine rings is 1. The number of halogens is 4. The number of hydrogen-bond acceptors (Lipinski definition) is 3. The van der Waals surface area contributed by atoms with Gasteiger partial charge in [0.05, 0.1) is 6.54 Å². The maximum atomic E-state index is 12.7. The highest BCUT2D eigenvalue weighted by atomic mass is 35.5. The maximum Gasteiger partial charge on any atom is 0.319 e. The fourth-order valence-electron chi connectivity index (χ4n) is 2.63. The van der Waals surface area contributed by atoms with Crippen molar-refractivity contribution >= 4 is 24.8 Å². The summed E-state index contributed by atoms with van der Waals surface area (Å²) in [5.74, 6) is 1.22. The van der Waals surface area contributed by atoms with Crippen molar-refractivity contribution in [2.75, 3.05) is 26.7 Å². The predicted molar refractivity (Wildman–Crippen MR) is 84.5 cm³/mol. The molecule has 1 N–H and O–H groups in total. The molecule has 4 nitrogen and oxygen atoms in total. The first-order valence-electron chi connectivity index (χ1n) is 6.87. The summed E-state index contributed by atoms with van der Waals surface area (Å²) in [6, 6.07) is 0. The van der Waals surface area contributed by atoms with Gasteiger partial charge in [0.1, 0.15) is 5.82 Å². The highest BCUT2D eigenvalue weighted by molar-refractivity contribution is 5.85. The van der Waals surface area contributed by atoms with E-state index < -0.39 is 6.55 Å². The second kappa shape index (κ2) is 10.3. The molecule has 0 bridgehead atoms. The maximum absolute atomic E-state index is 12.7. The average molecular weight is 345 g/mol. The molecule has 8 heteroatoms. The average Bonchev–Trinajstić information content (AvgIpc) is 2.86. The lowest BCUT2D eigenvalue weighted by molar-refractivity contribution is 0.0622. The van der Waals surface area contributed by atoms with E-state index in [-0.39, 0.29) is 24.8 Å². The number of nitrogens with zero attached hydrogens (tertiary/aromatic N) is 3. The molecule has 124 valence electrons. The third kappa shape index (κ3) is 6.06. The molecule has 0 aromatic carbocycles. The van der Waals surface area contributed by atoms with Gasteiger partial charge in [-0.3, -0.25) is 9.47 Å². The lowest BCUT2D eigenvalue weighted by Crippen LogP contribution is -2.34. The number of rotatable bonds is 6. The van der Waals surface area contributed by atoms with Crippen LogP contribution in [0.4, 0.5) is 8.78 Å². The Morgan fingerprint density at radius 3 is 2.57 bits per heavy atom. The second-order valence-corrected chi connectivity index (χ2v) is 5.14. The van der Waals surface area contributed by atoms with Crippen LogP contribution in [-0.2, 0) is 6.54 Å². The number of hydrogen-bond donors (Lipinski definition) is 1. The van der Waals surface area contributed by atoms with E-state index in [0.717, 1.165) is 43.0 Å². The summed E-state index contributed by atoms with van der Waals surface area (Å²) in [6.45, 7) is 1.04. The first kappa shape index (κ1) is 20.6. The minimum absolute atomic E-state index is 0. The van der Waals surface area contributed by atoms with Crippen LogP contribution in [0.2, 0.25) is 0 Å². The van der Waals surface area contributed by atoms with Gasteiger partial charge < -0.3 is 5.32 Å². The van der Waals surface area contributed by atoms with Gasteiger partial charge in [-0.2, -0.15) is 8.78 Å². The summed E-state index contributed by atoms with van der Waals surface area (Å²) < 4.78 is 26.4. The molecule has 2 heterocycles. The summed E-state index contributed by atoms with van der Waals surface area (Å²) in [5, 5.41) is 3.17. The zero-order valence-corrected chi connectivity index (χ0v) is 13.8. The summed E-state index contributed by atoms with van der Waals surface area (Å²) in [7, 11) is 1.97. The molecule has 21 heavy (non-hydrogen) atoms. The van der Waals surface area contributed by atoms with E-state index >= 15 is 0 Å². The van der Waals surface area contributed by atoms with Crippen molar-refractivity contribution in [3.05, 3.63) is 18.2 Å². The summed E-state index contributed by atoms with van der Waals surface area (Å²) in [4.78, 5) is 6.25. The van der Waals surface area contributed by atoms with Crippen LogP contribution >= 0.6 is 24.8 Å². The largest absolute Gasteiger partial charge is 0.320 e. The smallest absolute Gasteiger partial charge is 0.319 e. The van der Waals surface area contributed by atoms with Crippen LogP contribution in [0.5, 0.6) is 0 Å². The van der Waals surface area contributed by atoms with Crippen molar-refractivity contribution in [1.29, 1.82) is 0 Å². The van der Waals surface area contributed by atoms with Gasteiger partial charge in [-0.1, -0.05) is 0 Å². The molecule has 0 atom stereocenters. The van der Waals surface area contributed by atoms with Crippen LogP contribution in [-0.4, -0.2) is 41.1 Å². The Balaban J connectivity index is 0.00000200. The molecule has 1 fully saturated rings. The molecular formula is C13H24Cl2F2N4. The predicted octanol–water partition coefficient (Wildman–Crippen LogP) is 2.94. The van der Waals surface area contributed by atoms with E-state index in [9.17, 15) is 8.78 Å². The van der Waals surface area contributed by atoms with E-state index in [1.54, 1.807) is 0 Å². The van der Waals surface area contributed by atoms with Crippen molar-refractivity contribution < 1.29 is 8.78 Å². The Morgan fingerprint density at radius 2 is 2.00 bits per heavy atom. The fourth-order valence-corrected chi connectivity index (χ4v) is 2.63. The normalized spacial score (nSPS) is 16.6. The number of nitrogens with one attached hydrogen (secondary N) is 1. The first-order chi connectivity index (χ1) is 9.20. The number of alkyl halides is 2. The Hall–Kier alpha value is -0.430. The van der Waals surface area contributed by atoms with Gasteiger partial charge >= 0.3 is 6.55 Å². The Morgan fingerprint density at radius 1 is 1.33 bits per heavy atom. The van der Waals surface area contributed by atoms with Crippen LogP contribution in [0.1, 0.15) is 31.6 Å². The number of imidazole rings is 1. The van der Waals surface area contributed by atoms with Gasteiger partial charge in [0.15, 0.2) is 0 Å². The highest BCUT2D eigenvalue weighted by Crippen LogP contribution is 2.22. The molecule has 1 aromatic rings. The van der Waals surface area contributed by atoms with Gasteiger partial charge in [0.2, 0.25) is 0 Å². The van der Waals surface area contributed by atoms with E-state index in [4.69, 9.17) is 0 Å². The van der Waals surface area contributed by atoms with Crippen LogP contribution in [0.3, 0.4) is 0 Å². The Labute approximate surface area is 137 Å². The minimum atomic E-state index is -2.49. The third-order valence-electron chi connectivity index (χ3n) is 3.83. The summed E-state index contributed by atoms with van der Waals surface area (Å²) in [5.41, 5.74) is 0. The lowest BCUT2D eigenvalue weighted by atomic mass is 9.93. The summed E-state index contributed by atoms with van der Waals surface area (Å²) in [6.07, 6.45) is 6.30. The minimum Gasteiger partial charge on any atom is -0.320 e.